The van der Waals surface area contributed by atoms with E-state index in [0.717, 1.165) is 11.3 Å². The van der Waals surface area contributed by atoms with Gasteiger partial charge in [-0.05, 0) is 30.9 Å². The first-order chi connectivity index (χ1) is 10.4. The molecule has 0 unspecified atom stereocenters. The lowest BCUT2D eigenvalue weighted by Crippen LogP contribution is -2.54. The summed E-state index contributed by atoms with van der Waals surface area (Å²) in [5.41, 5.74) is 1.93. The average Bonchev–Trinajstić information content (AvgIpc) is 2.46. The van der Waals surface area contributed by atoms with E-state index in [1.807, 2.05) is 45.0 Å². The van der Waals surface area contributed by atoms with Crippen molar-refractivity contribution in [3.8, 4) is 0 Å². The summed E-state index contributed by atoms with van der Waals surface area (Å²) in [6.45, 7) is 6.82. The van der Waals surface area contributed by atoms with Crippen LogP contribution in [0.2, 0.25) is 0 Å². The number of benzene rings is 1. The molecular formula is C17H24N2O3. The van der Waals surface area contributed by atoms with E-state index in [-0.39, 0.29) is 24.3 Å². The Morgan fingerprint density at radius 3 is 2.55 bits per heavy atom. The molecule has 22 heavy (non-hydrogen) atoms. The van der Waals surface area contributed by atoms with Crippen LogP contribution in [0.25, 0.3) is 0 Å². The van der Waals surface area contributed by atoms with Crippen LogP contribution in [0.5, 0.6) is 0 Å². The Morgan fingerprint density at radius 2 is 1.95 bits per heavy atom. The number of hydrogen-bond acceptors (Lipinski definition) is 3. The Balaban J connectivity index is 2.03. The lowest BCUT2D eigenvalue weighted by molar-refractivity contribution is -0.144. The molecular weight excluding hydrogens is 280 g/mol. The number of rotatable bonds is 4. The maximum Gasteiger partial charge on any atom is 0.251 e. The molecule has 0 saturated carbocycles. The number of para-hydroxylation sites is 1. The van der Waals surface area contributed by atoms with E-state index in [1.165, 1.54) is 4.90 Å². The highest BCUT2D eigenvalue weighted by Crippen LogP contribution is 2.22. The highest BCUT2D eigenvalue weighted by Gasteiger charge is 2.31. The van der Waals surface area contributed by atoms with Crippen LogP contribution >= 0.6 is 0 Å². The summed E-state index contributed by atoms with van der Waals surface area (Å²) >= 11 is 0. The third-order valence-corrected chi connectivity index (χ3v) is 3.92. The quantitative estimate of drug-likeness (QED) is 0.918. The fourth-order valence-electron chi connectivity index (χ4n) is 2.74. The largest absolute Gasteiger partial charge is 0.383 e. The maximum absolute atomic E-state index is 12.4. The number of aliphatic hydroxyl groups excluding tert-OH is 1. The fourth-order valence-corrected chi connectivity index (χ4v) is 2.74. The van der Waals surface area contributed by atoms with E-state index >= 15 is 0 Å². The van der Waals surface area contributed by atoms with Gasteiger partial charge in [-0.3, -0.25) is 9.59 Å². The van der Waals surface area contributed by atoms with Gasteiger partial charge in [0, 0.05) is 18.8 Å². The fraction of sp³-hybridized carbons (Fsp3) is 0.529. The molecule has 0 radical (unpaired) electrons. The standard InChI is InChI=1S/C17H24N2O3/c1-12(2)10-15(20)17(22)18-8-9-19(16(21)11-18)14-7-5-4-6-13(14)3/h4-7,12,15,20H,8-11H2,1-3H3/t15-/m1/s1. The van der Waals surface area contributed by atoms with Crippen LogP contribution in [0.3, 0.4) is 0 Å². The number of nitrogens with zero attached hydrogens (tertiary/aromatic N) is 2. The summed E-state index contributed by atoms with van der Waals surface area (Å²) in [6.07, 6.45) is -0.594. The molecule has 1 fully saturated rings. The number of hydrogen-bond donors (Lipinski definition) is 1. The summed E-state index contributed by atoms with van der Waals surface area (Å²) in [6, 6.07) is 7.72. The van der Waals surface area contributed by atoms with Gasteiger partial charge in [-0.15, -0.1) is 0 Å². The molecule has 1 atom stereocenters. The molecule has 5 heteroatoms. The molecule has 1 N–H and O–H groups in total. The summed E-state index contributed by atoms with van der Waals surface area (Å²) in [5, 5.41) is 9.94. The van der Waals surface area contributed by atoms with Gasteiger partial charge >= 0.3 is 0 Å². The van der Waals surface area contributed by atoms with Crippen LogP contribution in [0.15, 0.2) is 24.3 Å². The number of aliphatic hydroxyl groups is 1. The van der Waals surface area contributed by atoms with Crippen molar-refractivity contribution in [1.29, 1.82) is 0 Å². The smallest absolute Gasteiger partial charge is 0.251 e. The Hall–Kier alpha value is -1.88. The monoisotopic (exact) mass is 304 g/mol. The number of amides is 2. The van der Waals surface area contributed by atoms with Crippen molar-refractivity contribution in [3.05, 3.63) is 29.8 Å². The number of carbonyl (C=O) groups excluding carboxylic acids is 2. The van der Waals surface area contributed by atoms with Gasteiger partial charge in [0.25, 0.3) is 5.91 Å². The Morgan fingerprint density at radius 1 is 1.27 bits per heavy atom. The third-order valence-electron chi connectivity index (χ3n) is 3.92. The highest BCUT2D eigenvalue weighted by atomic mass is 16.3. The second-order valence-corrected chi connectivity index (χ2v) is 6.24. The van der Waals surface area contributed by atoms with E-state index in [0.29, 0.717) is 19.5 Å². The van der Waals surface area contributed by atoms with Crippen molar-refractivity contribution in [1.82, 2.24) is 4.90 Å². The van der Waals surface area contributed by atoms with E-state index in [1.54, 1.807) is 4.90 Å². The SMILES string of the molecule is Cc1ccccc1N1CCN(C(=O)[C@H](O)CC(C)C)CC1=O. The van der Waals surface area contributed by atoms with Crippen LogP contribution in [0.1, 0.15) is 25.8 Å². The van der Waals surface area contributed by atoms with Crippen molar-refractivity contribution in [2.45, 2.75) is 33.3 Å². The minimum Gasteiger partial charge on any atom is -0.383 e. The van der Waals surface area contributed by atoms with Crippen molar-refractivity contribution in [2.75, 3.05) is 24.5 Å². The van der Waals surface area contributed by atoms with Gasteiger partial charge in [-0.25, -0.2) is 0 Å². The topological polar surface area (TPSA) is 60.9 Å². The first-order valence-electron chi connectivity index (χ1n) is 7.73. The number of carbonyl (C=O) groups is 2. The first kappa shape index (κ1) is 16.5. The second kappa shape index (κ2) is 6.92. The predicted molar refractivity (Wildman–Crippen MR) is 85.6 cm³/mol. The molecule has 0 spiro atoms. The van der Waals surface area contributed by atoms with E-state index < -0.39 is 6.10 Å². The molecule has 1 saturated heterocycles. The van der Waals surface area contributed by atoms with Gasteiger partial charge in [-0.2, -0.15) is 0 Å². The third kappa shape index (κ3) is 3.65. The molecule has 0 aliphatic carbocycles. The van der Waals surface area contributed by atoms with E-state index in [9.17, 15) is 14.7 Å². The molecule has 1 aliphatic heterocycles. The van der Waals surface area contributed by atoms with Crippen molar-refractivity contribution < 1.29 is 14.7 Å². The lowest BCUT2D eigenvalue weighted by Gasteiger charge is -2.36. The van der Waals surface area contributed by atoms with E-state index in [2.05, 4.69) is 0 Å². The predicted octanol–water partition coefficient (Wildman–Crippen LogP) is 1.58. The molecule has 1 heterocycles. The maximum atomic E-state index is 12.4. The van der Waals surface area contributed by atoms with Crippen LogP contribution < -0.4 is 4.90 Å². The van der Waals surface area contributed by atoms with Gasteiger partial charge < -0.3 is 14.9 Å². The number of piperazine rings is 1. The van der Waals surface area contributed by atoms with E-state index in [4.69, 9.17) is 0 Å². The zero-order valence-electron chi connectivity index (χ0n) is 13.5. The molecule has 0 bridgehead atoms. The molecule has 0 aromatic heterocycles. The Kier molecular flexibility index (Phi) is 5.19. The van der Waals surface area contributed by atoms with Gasteiger partial charge in [-0.1, -0.05) is 32.0 Å². The Bertz CT molecular complexity index is 557. The number of aryl methyl sites for hydroxylation is 1. The van der Waals surface area contributed by atoms with Crippen LogP contribution in [0, 0.1) is 12.8 Å². The van der Waals surface area contributed by atoms with Crippen LogP contribution in [-0.4, -0.2) is 47.6 Å². The molecule has 1 aliphatic rings. The summed E-state index contributed by atoms with van der Waals surface area (Å²) in [4.78, 5) is 27.7. The van der Waals surface area contributed by atoms with Gasteiger partial charge in [0.05, 0.1) is 0 Å². The highest BCUT2D eigenvalue weighted by molar-refractivity contribution is 5.98. The molecule has 120 valence electrons. The zero-order chi connectivity index (χ0) is 16.3. The summed E-state index contributed by atoms with van der Waals surface area (Å²) < 4.78 is 0. The number of anilines is 1. The lowest BCUT2D eigenvalue weighted by atomic mass is 10.0. The molecule has 2 rings (SSSR count). The van der Waals surface area contributed by atoms with Crippen LogP contribution in [0.4, 0.5) is 5.69 Å². The summed E-state index contributed by atoms with van der Waals surface area (Å²) in [7, 11) is 0. The molecule has 1 aromatic carbocycles. The zero-order valence-corrected chi connectivity index (χ0v) is 13.5. The molecule has 1 aromatic rings. The van der Waals surface area contributed by atoms with Gasteiger partial charge in [0.2, 0.25) is 5.91 Å². The normalized spacial score (nSPS) is 17.0. The average molecular weight is 304 g/mol. The minimum atomic E-state index is -1.02. The molecule has 2 amide bonds. The van der Waals surface area contributed by atoms with Gasteiger partial charge in [0.15, 0.2) is 0 Å². The van der Waals surface area contributed by atoms with Crippen molar-refractivity contribution in [3.63, 3.8) is 0 Å². The van der Waals surface area contributed by atoms with Crippen molar-refractivity contribution in [2.24, 2.45) is 5.92 Å². The van der Waals surface area contributed by atoms with Crippen LogP contribution in [-0.2, 0) is 9.59 Å². The second-order valence-electron chi connectivity index (χ2n) is 6.24. The van der Waals surface area contributed by atoms with Gasteiger partial charge in [0.1, 0.15) is 12.6 Å². The molecule has 5 nitrogen and oxygen atoms in total. The van der Waals surface area contributed by atoms with Crippen molar-refractivity contribution >= 4 is 17.5 Å². The minimum absolute atomic E-state index is 0.0301. The first-order valence-corrected chi connectivity index (χ1v) is 7.73. The Labute approximate surface area is 131 Å². The summed E-state index contributed by atoms with van der Waals surface area (Å²) in [5.74, 6) is -0.208.